The number of aryl methyl sites for hydroxylation is 1. The Hall–Kier alpha value is -2.17. The van der Waals surface area contributed by atoms with Gasteiger partial charge in [0.15, 0.2) is 11.0 Å². The number of thiophene rings is 2. The topological polar surface area (TPSA) is 103 Å². The second-order valence-corrected chi connectivity index (χ2v) is 10.8. The van der Waals surface area contributed by atoms with Crippen LogP contribution in [-0.2, 0) is 31.1 Å². The second kappa shape index (κ2) is 9.13. The average Bonchev–Trinajstić information content (AvgIpc) is 3.42. The molecule has 3 aromatic heterocycles. The Morgan fingerprint density at radius 2 is 2.19 bits per heavy atom. The predicted octanol–water partition coefficient (Wildman–Crippen LogP) is 4.12. The summed E-state index contributed by atoms with van der Waals surface area (Å²) < 4.78 is 1.90. The molecule has 1 aliphatic rings. The molecule has 3 heterocycles. The van der Waals surface area contributed by atoms with Gasteiger partial charge in [-0.25, -0.2) is 0 Å². The summed E-state index contributed by atoms with van der Waals surface area (Å²) in [4.78, 5) is 27.1. The van der Waals surface area contributed by atoms with E-state index in [-0.39, 0.29) is 11.7 Å². The first-order valence-electron chi connectivity index (χ1n) is 10.2. The highest BCUT2D eigenvalue weighted by Gasteiger charge is 2.27. The normalized spacial score (nSPS) is 15.6. The van der Waals surface area contributed by atoms with Crippen LogP contribution in [0.2, 0.25) is 0 Å². The Balaban J connectivity index is 1.44. The number of aromatic nitrogens is 3. The molecule has 0 saturated carbocycles. The largest absolute Gasteiger partial charge is 0.365 e. The number of amides is 2. The third-order valence-electron chi connectivity index (χ3n) is 5.44. The lowest BCUT2D eigenvalue weighted by atomic mass is 9.88. The molecule has 164 valence electrons. The fraction of sp³-hybridized carbons (Fsp3) is 0.429. The summed E-state index contributed by atoms with van der Waals surface area (Å²) in [7, 11) is 1.90. The van der Waals surface area contributed by atoms with Gasteiger partial charge in [-0.15, -0.1) is 32.9 Å². The Labute approximate surface area is 193 Å². The third kappa shape index (κ3) is 4.56. The molecule has 0 radical (unpaired) electrons. The first-order valence-corrected chi connectivity index (χ1v) is 12.9. The van der Waals surface area contributed by atoms with Crippen LogP contribution >= 0.6 is 34.4 Å². The van der Waals surface area contributed by atoms with Gasteiger partial charge < -0.3 is 15.6 Å². The molecule has 4 rings (SSSR count). The molecule has 3 N–H and O–H groups in total. The van der Waals surface area contributed by atoms with E-state index in [1.54, 1.807) is 11.3 Å². The maximum absolute atomic E-state index is 12.6. The van der Waals surface area contributed by atoms with Crippen LogP contribution in [0.5, 0.6) is 0 Å². The van der Waals surface area contributed by atoms with Crippen molar-refractivity contribution in [3.63, 3.8) is 0 Å². The zero-order valence-corrected chi connectivity index (χ0v) is 20.2. The van der Waals surface area contributed by atoms with Gasteiger partial charge >= 0.3 is 0 Å². The van der Waals surface area contributed by atoms with Crippen LogP contribution in [0.3, 0.4) is 0 Å². The van der Waals surface area contributed by atoms with Crippen LogP contribution in [-0.4, -0.2) is 32.3 Å². The fourth-order valence-electron chi connectivity index (χ4n) is 3.77. The van der Waals surface area contributed by atoms with Gasteiger partial charge in [0.2, 0.25) is 5.91 Å². The number of nitrogens with one attached hydrogen (secondary N) is 1. The Kier molecular flexibility index (Phi) is 6.49. The average molecular weight is 476 g/mol. The molecule has 0 aromatic carbocycles. The maximum Gasteiger partial charge on any atom is 0.251 e. The second-order valence-electron chi connectivity index (χ2n) is 7.78. The molecule has 2 amide bonds. The standard InChI is InChI=1S/C21H25N5O2S3/c1-4-13-8-12(9-29-13)19-24-25-21(26(19)3)30-10-16(27)23-20-17(18(22)28)14-6-5-11(2)7-15(14)31-20/h8-9,11H,4-7,10H2,1-3H3,(H2,22,28)(H,23,27). The van der Waals surface area contributed by atoms with Gasteiger partial charge in [-0.2, -0.15) is 0 Å². The van der Waals surface area contributed by atoms with E-state index in [0.29, 0.717) is 21.6 Å². The van der Waals surface area contributed by atoms with Gasteiger partial charge in [-0.1, -0.05) is 25.6 Å². The van der Waals surface area contributed by atoms with Gasteiger partial charge in [0.1, 0.15) is 5.00 Å². The zero-order chi connectivity index (χ0) is 22.1. The van der Waals surface area contributed by atoms with Crippen LogP contribution in [0.1, 0.15) is 45.9 Å². The monoisotopic (exact) mass is 475 g/mol. The van der Waals surface area contributed by atoms with Crippen molar-refractivity contribution in [1.82, 2.24) is 14.8 Å². The number of rotatable bonds is 7. The van der Waals surface area contributed by atoms with Gasteiger partial charge in [0, 0.05) is 27.7 Å². The number of carbonyl (C=O) groups excluding carboxylic acids is 2. The smallest absolute Gasteiger partial charge is 0.251 e. The van der Waals surface area contributed by atoms with Crippen LogP contribution in [0.25, 0.3) is 11.4 Å². The van der Waals surface area contributed by atoms with Crippen molar-refractivity contribution in [3.8, 4) is 11.4 Å². The number of fused-ring (bicyclic) bond motifs is 1. The SMILES string of the molecule is CCc1cc(-c2nnc(SCC(=O)Nc3sc4c(c3C(N)=O)CCC(C)C4)n2C)cs1. The van der Waals surface area contributed by atoms with Crippen molar-refractivity contribution >= 4 is 51.3 Å². The molecule has 3 aromatic rings. The number of hydrogen-bond donors (Lipinski definition) is 2. The summed E-state index contributed by atoms with van der Waals surface area (Å²) >= 11 is 4.51. The van der Waals surface area contributed by atoms with Crippen LogP contribution in [0.15, 0.2) is 16.6 Å². The van der Waals surface area contributed by atoms with Gasteiger partial charge in [0.05, 0.1) is 11.3 Å². The van der Waals surface area contributed by atoms with E-state index < -0.39 is 5.91 Å². The van der Waals surface area contributed by atoms with Crippen molar-refractivity contribution in [2.75, 3.05) is 11.1 Å². The van der Waals surface area contributed by atoms with E-state index >= 15 is 0 Å². The maximum atomic E-state index is 12.6. The molecule has 0 aliphatic heterocycles. The lowest BCUT2D eigenvalue weighted by molar-refractivity contribution is -0.113. The van der Waals surface area contributed by atoms with Crippen molar-refractivity contribution in [2.45, 2.75) is 44.7 Å². The lowest BCUT2D eigenvalue weighted by Gasteiger charge is -2.18. The predicted molar refractivity (Wildman–Crippen MR) is 127 cm³/mol. The number of primary amides is 1. The summed E-state index contributed by atoms with van der Waals surface area (Å²) in [6.07, 6.45) is 3.78. The van der Waals surface area contributed by atoms with E-state index in [9.17, 15) is 9.59 Å². The van der Waals surface area contributed by atoms with Gasteiger partial charge in [0.25, 0.3) is 5.91 Å². The quantitative estimate of drug-likeness (QED) is 0.500. The van der Waals surface area contributed by atoms with E-state index in [4.69, 9.17) is 5.73 Å². The number of anilines is 1. The number of carbonyl (C=O) groups is 2. The van der Waals surface area contributed by atoms with E-state index in [2.05, 4.69) is 40.8 Å². The first-order chi connectivity index (χ1) is 14.9. The molecule has 1 aliphatic carbocycles. The van der Waals surface area contributed by atoms with Gasteiger partial charge in [-0.05, 0) is 43.2 Å². The Bertz CT molecular complexity index is 1130. The molecule has 10 heteroatoms. The van der Waals surface area contributed by atoms with Crippen molar-refractivity contribution in [3.05, 3.63) is 32.3 Å². The molecule has 1 unspecified atom stereocenters. The van der Waals surface area contributed by atoms with Crippen molar-refractivity contribution < 1.29 is 9.59 Å². The summed E-state index contributed by atoms with van der Waals surface area (Å²) in [5, 5.41) is 14.8. The molecular formula is C21H25N5O2S3. The van der Waals surface area contributed by atoms with Crippen LogP contribution < -0.4 is 11.1 Å². The molecule has 0 spiro atoms. The summed E-state index contributed by atoms with van der Waals surface area (Å²) in [5.74, 6) is 0.873. The lowest BCUT2D eigenvalue weighted by Crippen LogP contribution is -2.20. The molecule has 0 fully saturated rings. The highest BCUT2D eigenvalue weighted by atomic mass is 32.2. The van der Waals surface area contributed by atoms with E-state index in [1.165, 1.54) is 28.0 Å². The number of nitrogens with two attached hydrogens (primary N) is 1. The molecule has 31 heavy (non-hydrogen) atoms. The molecule has 0 bridgehead atoms. The Morgan fingerprint density at radius 3 is 2.90 bits per heavy atom. The van der Waals surface area contributed by atoms with Gasteiger partial charge in [-0.3, -0.25) is 9.59 Å². The number of thioether (sulfide) groups is 1. The summed E-state index contributed by atoms with van der Waals surface area (Å²) in [6, 6.07) is 2.13. The molecule has 1 atom stereocenters. The highest BCUT2D eigenvalue weighted by molar-refractivity contribution is 7.99. The number of nitrogens with zero attached hydrogens (tertiary/aromatic N) is 3. The summed E-state index contributed by atoms with van der Waals surface area (Å²) in [5.41, 5.74) is 8.17. The minimum atomic E-state index is -0.477. The highest BCUT2D eigenvalue weighted by Crippen LogP contribution is 2.39. The molecular weight excluding hydrogens is 450 g/mol. The third-order valence-corrected chi connectivity index (χ3v) is 8.71. The molecule has 0 saturated heterocycles. The van der Waals surface area contributed by atoms with Crippen molar-refractivity contribution in [1.29, 1.82) is 0 Å². The number of hydrogen-bond acceptors (Lipinski definition) is 7. The van der Waals surface area contributed by atoms with E-state index in [1.807, 2.05) is 11.6 Å². The van der Waals surface area contributed by atoms with Crippen LogP contribution in [0, 0.1) is 5.92 Å². The first kappa shape index (κ1) is 22.0. The fourth-order valence-corrected chi connectivity index (χ4v) is 6.72. The minimum Gasteiger partial charge on any atom is -0.365 e. The minimum absolute atomic E-state index is 0.174. The Morgan fingerprint density at radius 1 is 1.39 bits per heavy atom. The van der Waals surface area contributed by atoms with Crippen molar-refractivity contribution in [2.24, 2.45) is 18.7 Å². The molecule has 7 nitrogen and oxygen atoms in total. The zero-order valence-electron chi connectivity index (χ0n) is 17.7. The van der Waals surface area contributed by atoms with E-state index in [0.717, 1.165) is 47.5 Å². The van der Waals surface area contributed by atoms with Crippen LogP contribution in [0.4, 0.5) is 5.00 Å². The summed E-state index contributed by atoms with van der Waals surface area (Å²) in [6.45, 7) is 4.33.